The summed E-state index contributed by atoms with van der Waals surface area (Å²) in [5.41, 5.74) is 1.04. The number of aliphatic hydroxyl groups excluding tert-OH is 1. The molecule has 0 aliphatic carbocycles. The van der Waals surface area contributed by atoms with Crippen LogP contribution < -0.4 is 0 Å². The van der Waals surface area contributed by atoms with Crippen LogP contribution in [0.4, 0.5) is 0 Å². The molecule has 0 spiro atoms. The molecule has 0 radical (unpaired) electrons. The van der Waals surface area contributed by atoms with Crippen LogP contribution in [0.1, 0.15) is 24.2 Å². The van der Waals surface area contributed by atoms with Gasteiger partial charge in [-0.15, -0.1) is 0 Å². The minimum Gasteiger partial charge on any atom is -0.479 e. The molecule has 1 rings (SSSR count). The Morgan fingerprint density at radius 3 is 2.56 bits per heavy atom. The van der Waals surface area contributed by atoms with E-state index in [4.69, 9.17) is 5.11 Å². The lowest BCUT2D eigenvalue weighted by Gasteiger charge is -2.10. The van der Waals surface area contributed by atoms with E-state index in [0.29, 0.717) is 14.7 Å². The van der Waals surface area contributed by atoms with Gasteiger partial charge in [0.2, 0.25) is 0 Å². The van der Waals surface area contributed by atoms with Crippen molar-refractivity contribution in [2.24, 2.45) is 0 Å². The average molecular weight is 334 g/mol. The third-order valence-electron chi connectivity index (χ3n) is 2.04. The molecule has 5 heteroatoms. The SMILES string of the molecule is CC(=O)Cc1ccc(I)c(C(O)C(=O)O)c1. The van der Waals surface area contributed by atoms with Crippen LogP contribution in [0.2, 0.25) is 0 Å². The smallest absolute Gasteiger partial charge is 0.337 e. The van der Waals surface area contributed by atoms with Gasteiger partial charge in [-0.1, -0.05) is 12.1 Å². The van der Waals surface area contributed by atoms with Gasteiger partial charge in [0.25, 0.3) is 0 Å². The van der Waals surface area contributed by atoms with Crippen molar-refractivity contribution in [3.05, 3.63) is 32.9 Å². The second kappa shape index (κ2) is 5.40. The van der Waals surface area contributed by atoms with Crippen molar-refractivity contribution >= 4 is 34.3 Å². The van der Waals surface area contributed by atoms with Crippen LogP contribution in [0.15, 0.2) is 18.2 Å². The first kappa shape index (κ1) is 13.1. The molecule has 1 atom stereocenters. The minimum atomic E-state index is -1.54. The number of hydrogen-bond acceptors (Lipinski definition) is 3. The average Bonchev–Trinajstić information content (AvgIpc) is 2.19. The van der Waals surface area contributed by atoms with Gasteiger partial charge in [0, 0.05) is 15.6 Å². The summed E-state index contributed by atoms with van der Waals surface area (Å²) < 4.78 is 0.666. The highest BCUT2D eigenvalue weighted by Gasteiger charge is 2.19. The van der Waals surface area contributed by atoms with E-state index in [9.17, 15) is 14.7 Å². The number of Topliss-reactive ketones (excluding diaryl/α,β-unsaturated/α-hetero) is 1. The van der Waals surface area contributed by atoms with Gasteiger partial charge >= 0.3 is 5.97 Å². The second-order valence-corrected chi connectivity index (χ2v) is 4.64. The number of hydrogen-bond donors (Lipinski definition) is 2. The molecule has 0 aliphatic rings. The molecule has 0 aromatic heterocycles. The summed E-state index contributed by atoms with van der Waals surface area (Å²) in [6.07, 6.45) is -1.30. The molecule has 16 heavy (non-hydrogen) atoms. The Balaban J connectivity index is 3.08. The van der Waals surface area contributed by atoms with Gasteiger partial charge < -0.3 is 10.2 Å². The first-order valence-corrected chi connectivity index (χ1v) is 5.68. The third-order valence-corrected chi connectivity index (χ3v) is 3.02. The number of rotatable bonds is 4. The molecule has 1 aromatic carbocycles. The van der Waals surface area contributed by atoms with Crippen LogP contribution in [0.25, 0.3) is 0 Å². The van der Waals surface area contributed by atoms with Crippen LogP contribution in [0.5, 0.6) is 0 Å². The van der Waals surface area contributed by atoms with E-state index in [1.165, 1.54) is 6.92 Å². The van der Waals surface area contributed by atoms with Gasteiger partial charge in [-0.2, -0.15) is 0 Å². The summed E-state index contributed by atoms with van der Waals surface area (Å²) in [7, 11) is 0. The Morgan fingerprint density at radius 1 is 1.44 bits per heavy atom. The number of carboxylic acids is 1. The predicted octanol–water partition coefficient (Wildman–Crippen LogP) is 1.54. The molecule has 0 bridgehead atoms. The van der Waals surface area contributed by atoms with Crippen LogP contribution >= 0.6 is 22.6 Å². The topological polar surface area (TPSA) is 74.6 Å². The molecular weight excluding hydrogens is 323 g/mol. The molecule has 0 saturated carbocycles. The maximum absolute atomic E-state index is 10.9. The number of carbonyl (C=O) groups excluding carboxylic acids is 1. The van der Waals surface area contributed by atoms with Gasteiger partial charge in [-0.05, 0) is 41.1 Å². The minimum absolute atomic E-state index is 0.00280. The monoisotopic (exact) mass is 334 g/mol. The van der Waals surface area contributed by atoms with Crippen molar-refractivity contribution in [1.82, 2.24) is 0 Å². The number of aliphatic carboxylic acids is 1. The highest BCUT2D eigenvalue weighted by Crippen LogP contribution is 2.22. The second-order valence-electron chi connectivity index (χ2n) is 3.48. The fraction of sp³-hybridized carbons (Fsp3) is 0.273. The molecule has 1 aromatic rings. The number of aliphatic hydroxyl groups is 1. The fourth-order valence-corrected chi connectivity index (χ4v) is 1.96. The predicted molar refractivity (Wildman–Crippen MR) is 66.1 cm³/mol. The number of benzene rings is 1. The fourth-order valence-electron chi connectivity index (χ4n) is 1.33. The van der Waals surface area contributed by atoms with Gasteiger partial charge in [0.05, 0.1) is 0 Å². The zero-order valence-electron chi connectivity index (χ0n) is 8.61. The molecular formula is C11H11IO4. The Labute approximate surface area is 106 Å². The molecule has 86 valence electrons. The van der Waals surface area contributed by atoms with E-state index in [1.807, 2.05) is 22.6 Å². The molecule has 0 amide bonds. The van der Waals surface area contributed by atoms with E-state index in [-0.39, 0.29) is 12.2 Å². The third kappa shape index (κ3) is 3.28. The van der Waals surface area contributed by atoms with Gasteiger partial charge in [-0.25, -0.2) is 4.79 Å². The lowest BCUT2D eigenvalue weighted by molar-refractivity contribution is -0.147. The molecule has 2 N–H and O–H groups in total. The normalized spacial score (nSPS) is 12.2. The Hall–Kier alpha value is -0.950. The van der Waals surface area contributed by atoms with Gasteiger partial charge in [0.1, 0.15) is 5.78 Å². The highest BCUT2D eigenvalue weighted by atomic mass is 127. The van der Waals surface area contributed by atoms with Crippen LogP contribution in [0, 0.1) is 3.57 Å². The molecule has 0 saturated heterocycles. The number of ketones is 1. The van der Waals surface area contributed by atoms with Gasteiger partial charge in [0.15, 0.2) is 6.10 Å². The standard InChI is InChI=1S/C11H11IO4/c1-6(13)4-7-2-3-9(12)8(5-7)10(14)11(15)16/h2-3,5,10,14H,4H2,1H3,(H,15,16). The maximum Gasteiger partial charge on any atom is 0.337 e. The van der Waals surface area contributed by atoms with Crippen molar-refractivity contribution in [3.63, 3.8) is 0 Å². The van der Waals surface area contributed by atoms with E-state index >= 15 is 0 Å². The van der Waals surface area contributed by atoms with Crippen LogP contribution in [-0.4, -0.2) is 22.0 Å². The number of carbonyl (C=O) groups is 2. The molecule has 0 heterocycles. The lowest BCUT2D eigenvalue weighted by Crippen LogP contribution is -2.12. The van der Waals surface area contributed by atoms with Crippen molar-refractivity contribution in [1.29, 1.82) is 0 Å². The Bertz CT molecular complexity index is 428. The van der Waals surface area contributed by atoms with E-state index < -0.39 is 12.1 Å². The first-order chi connectivity index (χ1) is 7.41. The summed E-state index contributed by atoms with van der Waals surface area (Å²) in [4.78, 5) is 21.6. The molecule has 0 aliphatic heterocycles. The molecule has 1 unspecified atom stereocenters. The summed E-state index contributed by atoms with van der Waals surface area (Å²) in [6, 6.07) is 5.00. The zero-order valence-corrected chi connectivity index (χ0v) is 10.8. The van der Waals surface area contributed by atoms with Crippen molar-refractivity contribution in [3.8, 4) is 0 Å². The van der Waals surface area contributed by atoms with Crippen molar-refractivity contribution in [2.45, 2.75) is 19.4 Å². The summed E-state index contributed by atoms with van der Waals surface area (Å²) in [5.74, 6) is -1.30. The largest absolute Gasteiger partial charge is 0.479 e. The van der Waals surface area contributed by atoms with E-state index in [0.717, 1.165) is 0 Å². The van der Waals surface area contributed by atoms with E-state index in [2.05, 4.69) is 0 Å². The quantitative estimate of drug-likeness (QED) is 0.819. The number of carboxylic acid groups (broad SMARTS) is 1. The summed E-state index contributed by atoms with van der Waals surface area (Å²) in [6.45, 7) is 1.46. The van der Waals surface area contributed by atoms with Gasteiger partial charge in [-0.3, -0.25) is 4.79 Å². The summed E-state index contributed by atoms with van der Waals surface area (Å²) >= 11 is 1.95. The Kier molecular flexibility index (Phi) is 4.43. The Morgan fingerprint density at radius 2 is 2.06 bits per heavy atom. The zero-order chi connectivity index (χ0) is 12.3. The van der Waals surface area contributed by atoms with Crippen LogP contribution in [-0.2, 0) is 16.0 Å². The van der Waals surface area contributed by atoms with Crippen molar-refractivity contribution in [2.75, 3.05) is 0 Å². The van der Waals surface area contributed by atoms with Crippen molar-refractivity contribution < 1.29 is 19.8 Å². The first-order valence-electron chi connectivity index (χ1n) is 4.60. The maximum atomic E-state index is 10.9. The lowest BCUT2D eigenvalue weighted by atomic mass is 10.0. The summed E-state index contributed by atoms with van der Waals surface area (Å²) in [5, 5.41) is 18.2. The van der Waals surface area contributed by atoms with E-state index in [1.54, 1.807) is 18.2 Å². The molecule has 0 fully saturated rings. The molecule has 4 nitrogen and oxygen atoms in total. The number of halogens is 1. The highest BCUT2D eigenvalue weighted by molar-refractivity contribution is 14.1. The van der Waals surface area contributed by atoms with Crippen LogP contribution in [0.3, 0.4) is 0 Å².